The molecule has 0 amide bonds. The van der Waals surface area contributed by atoms with Gasteiger partial charge in [-0.2, -0.15) is 0 Å². The van der Waals surface area contributed by atoms with Crippen molar-refractivity contribution in [3.63, 3.8) is 0 Å². The van der Waals surface area contributed by atoms with Crippen molar-refractivity contribution in [2.45, 2.75) is 58.5 Å². The van der Waals surface area contributed by atoms with E-state index in [1.54, 1.807) is 24.3 Å². The van der Waals surface area contributed by atoms with E-state index in [0.717, 1.165) is 13.0 Å². The lowest BCUT2D eigenvalue weighted by Gasteiger charge is -2.37. The number of nitrogens with zero attached hydrogens (tertiary/aromatic N) is 1. The van der Waals surface area contributed by atoms with Gasteiger partial charge in [0, 0.05) is 17.5 Å². The summed E-state index contributed by atoms with van der Waals surface area (Å²) in [4.78, 5) is 2.50. The summed E-state index contributed by atoms with van der Waals surface area (Å²) in [6.45, 7) is 12.2. The summed E-state index contributed by atoms with van der Waals surface area (Å²) in [5.74, 6) is 0.561. The highest BCUT2D eigenvalue weighted by atomic mass is 16.3. The minimum absolute atomic E-state index is 0.191. The Hall–Kier alpha value is -2.00. The summed E-state index contributed by atoms with van der Waals surface area (Å²) < 4.78 is 0. The molecule has 0 bridgehead atoms. The largest absolute Gasteiger partial charge is 0.508 e. The Balaban J connectivity index is 2.38. The first-order valence-corrected chi connectivity index (χ1v) is 9.09. The summed E-state index contributed by atoms with van der Waals surface area (Å²) in [6.07, 6.45) is 0.957. The summed E-state index contributed by atoms with van der Waals surface area (Å²) in [6, 6.07) is 16.0. The third kappa shape index (κ3) is 4.55. The van der Waals surface area contributed by atoms with Gasteiger partial charge in [0.2, 0.25) is 0 Å². The van der Waals surface area contributed by atoms with E-state index >= 15 is 0 Å². The summed E-state index contributed by atoms with van der Waals surface area (Å²) in [5.41, 5.74) is 2.15. The number of phenolic OH excluding ortho intramolecular Hbond substituents is 2. The van der Waals surface area contributed by atoms with Crippen LogP contribution in [0.3, 0.4) is 0 Å². The number of hydrogen-bond acceptors (Lipinski definition) is 3. The van der Waals surface area contributed by atoms with Crippen molar-refractivity contribution in [2.75, 3.05) is 6.54 Å². The summed E-state index contributed by atoms with van der Waals surface area (Å²) in [5, 5.41) is 19.3. The Kier molecular flexibility index (Phi) is 6.12. The Morgan fingerprint density at radius 3 is 1.44 bits per heavy atom. The van der Waals surface area contributed by atoms with E-state index in [1.165, 1.54) is 11.1 Å². The highest BCUT2D eigenvalue weighted by Gasteiger charge is 2.30. The molecule has 0 aliphatic rings. The van der Waals surface area contributed by atoms with Crippen LogP contribution in [0.25, 0.3) is 0 Å². The van der Waals surface area contributed by atoms with Gasteiger partial charge in [-0.1, -0.05) is 31.2 Å². The molecule has 3 nitrogen and oxygen atoms in total. The molecule has 2 N–H and O–H groups in total. The molecule has 0 aromatic heterocycles. The molecular weight excluding hydrogens is 310 g/mol. The van der Waals surface area contributed by atoms with Crippen LogP contribution in [0.15, 0.2) is 48.5 Å². The van der Waals surface area contributed by atoms with Crippen LogP contribution in [0.1, 0.15) is 52.2 Å². The highest BCUT2D eigenvalue weighted by molar-refractivity contribution is 5.42. The average Bonchev–Trinajstić information content (AvgIpc) is 2.55. The molecule has 2 rings (SSSR count). The highest BCUT2D eigenvalue weighted by Crippen LogP contribution is 2.37. The molecule has 0 aliphatic carbocycles. The minimum atomic E-state index is -0.191. The van der Waals surface area contributed by atoms with Crippen molar-refractivity contribution in [1.29, 1.82) is 0 Å². The Morgan fingerprint density at radius 1 is 0.760 bits per heavy atom. The number of rotatable bonds is 7. The van der Waals surface area contributed by atoms with Crippen LogP contribution < -0.4 is 0 Å². The second-order valence-corrected chi connectivity index (χ2v) is 7.60. The number of hydrogen-bond donors (Lipinski definition) is 2. The summed E-state index contributed by atoms with van der Waals surface area (Å²) >= 11 is 0. The van der Waals surface area contributed by atoms with Gasteiger partial charge in [-0.15, -0.1) is 0 Å². The lowest BCUT2D eigenvalue weighted by Crippen LogP contribution is -2.40. The van der Waals surface area contributed by atoms with E-state index in [2.05, 4.69) is 39.5 Å². The first-order chi connectivity index (χ1) is 11.7. The maximum Gasteiger partial charge on any atom is 0.115 e. The minimum Gasteiger partial charge on any atom is -0.508 e. The molecule has 0 unspecified atom stereocenters. The lowest BCUT2D eigenvalue weighted by molar-refractivity contribution is 0.163. The molecule has 0 atom stereocenters. The number of benzene rings is 2. The normalized spacial score (nSPS) is 12.3. The molecule has 2 aromatic rings. The molecular formula is C22H31NO2. The van der Waals surface area contributed by atoms with Gasteiger partial charge in [0.25, 0.3) is 0 Å². The van der Waals surface area contributed by atoms with Gasteiger partial charge >= 0.3 is 0 Å². The van der Waals surface area contributed by atoms with E-state index in [0.29, 0.717) is 12.1 Å². The number of phenols is 2. The third-order valence-corrected chi connectivity index (χ3v) is 5.21. The first-order valence-electron chi connectivity index (χ1n) is 9.09. The van der Waals surface area contributed by atoms with Crippen molar-refractivity contribution in [2.24, 2.45) is 0 Å². The first kappa shape index (κ1) is 19.3. The van der Waals surface area contributed by atoms with Gasteiger partial charge in [-0.25, -0.2) is 0 Å². The van der Waals surface area contributed by atoms with Crippen LogP contribution in [0, 0.1) is 0 Å². The molecule has 0 saturated heterocycles. The van der Waals surface area contributed by atoms with E-state index in [1.807, 2.05) is 24.3 Å². The zero-order valence-corrected chi connectivity index (χ0v) is 16.0. The predicted octanol–water partition coefficient (Wildman–Crippen LogP) is 4.91. The molecule has 3 heteroatoms. The second kappa shape index (κ2) is 7.92. The molecule has 0 radical (unpaired) electrons. The predicted molar refractivity (Wildman–Crippen MR) is 104 cm³/mol. The van der Waals surface area contributed by atoms with E-state index in [9.17, 15) is 10.2 Å². The van der Waals surface area contributed by atoms with Crippen LogP contribution >= 0.6 is 0 Å². The SMILES string of the molecule is CC(C)N(CCC(C)(c1ccc(O)cc1)c1ccc(O)cc1)C(C)C. The van der Waals surface area contributed by atoms with E-state index in [-0.39, 0.29) is 16.9 Å². The molecule has 0 spiro atoms. The maximum atomic E-state index is 9.65. The zero-order valence-electron chi connectivity index (χ0n) is 16.0. The second-order valence-electron chi connectivity index (χ2n) is 7.60. The van der Waals surface area contributed by atoms with Crippen LogP contribution in [0.4, 0.5) is 0 Å². The molecule has 0 saturated carbocycles. The number of aromatic hydroxyl groups is 2. The van der Waals surface area contributed by atoms with Gasteiger partial charge in [-0.3, -0.25) is 4.90 Å². The molecule has 25 heavy (non-hydrogen) atoms. The van der Waals surface area contributed by atoms with Crippen LogP contribution in [-0.2, 0) is 5.41 Å². The van der Waals surface area contributed by atoms with Gasteiger partial charge in [0.05, 0.1) is 0 Å². The van der Waals surface area contributed by atoms with Gasteiger partial charge in [0.1, 0.15) is 11.5 Å². The fourth-order valence-electron chi connectivity index (χ4n) is 3.58. The van der Waals surface area contributed by atoms with E-state index in [4.69, 9.17) is 0 Å². The van der Waals surface area contributed by atoms with Gasteiger partial charge in [0.15, 0.2) is 0 Å². The average molecular weight is 341 g/mol. The monoisotopic (exact) mass is 341 g/mol. The van der Waals surface area contributed by atoms with Crippen molar-refractivity contribution in [3.05, 3.63) is 59.7 Å². The fraction of sp³-hybridized carbons (Fsp3) is 0.455. The Morgan fingerprint density at radius 2 is 1.12 bits per heavy atom. The molecule has 2 aromatic carbocycles. The standard InChI is InChI=1S/C22H31NO2/c1-16(2)23(17(3)4)15-14-22(5,18-6-10-20(24)11-7-18)19-8-12-21(25)13-9-19/h6-13,16-17,24-25H,14-15H2,1-5H3. The lowest BCUT2D eigenvalue weighted by atomic mass is 9.73. The van der Waals surface area contributed by atoms with Crippen molar-refractivity contribution in [3.8, 4) is 11.5 Å². The molecule has 0 fully saturated rings. The maximum absolute atomic E-state index is 9.65. The Bertz CT molecular complexity index is 606. The van der Waals surface area contributed by atoms with Crippen LogP contribution in [-0.4, -0.2) is 33.7 Å². The molecule has 0 heterocycles. The van der Waals surface area contributed by atoms with Crippen molar-refractivity contribution in [1.82, 2.24) is 4.90 Å². The van der Waals surface area contributed by atoms with Crippen molar-refractivity contribution < 1.29 is 10.2 Å². The van der Waals surface area contributed by atoms with Gasteiger partial charge < -0.3 is 10.2 Å². The molecule has 136 valence electrons. The molecule has 0 aliphatic heterocycles. The van der Waals surface area contributed by atoms with Gasteiger partial charge in [-0.05, 0) is 76.1 Å². The summed E-state index contributed by atoms with van der Waals surface area (Å²) in [7, 11) is 0. The third-order valence-electron chi connectivity index (χ3n) is 5.21. The fourth-order valence-corrected chi connectivity index (χ4v) is 3.58. The Labute approximate surface area is 151 Å². The van der Waals surface area contributed by atoms with Crippen LogP contribution in [0.5, 0.6) is 11.5 Å². The smallest absolute Gasteiger partial charge is 0.115 e. The zero-order chi connectivity index (χ0) is 18.6. The van der Waals surface area contributed by atoms with E-state index < -0.39 is 0 Å². The van der Waals surface area contributed by atoms with Crippen LogP contribution in [0.2, 0.25) is 0 Å². The van der Waals surface area contributed by atoms with Crippen molar-refractivity contribution >= 4 is 0 Å². The topological polar surface area (TPSA) is 43.7 Å². The quantitative estimate of drug-likeness (QED) is 0.752.